The molecule has 4 aromatic rings. The number of nitrogen functional groups attached to an aromatic ring is 1. The highest BCUT2D eigenvalue weighted by Crippen LogP contribution is 2.24. The monoisotopic (exact) mass is 406 g/mol. The van der Waals surface area contributed by atoms with E-state index in [0.29, 0.717) is 33.3 Å². The van der Waals surface area contributed by atoms with Gasteiger partial charge in [0.1, 0.15) is 11.6 Å². The Kier molecular flexibility index (Phi) is 4.90. The van der Waals surface area contributed by atoms with Crippen molar-refractivity contribution in [3.8, 4) is 5.69 Å². The third-order valence-corrected chi connectivity index (χ3v) is 4.83. The molecule has 8 heteroatoms. The molecule has 146 valence electrons. The van der Waals surface area contributed by atoms with Gasteiger partial charge in [-0.2, -0.15) is 4.98 Å². The zero-order chi connectivity index (χ0) is 20.5. The Bertz CT molecular complexity index is 1240. The number of halogens is 1. The molecule has 2 aromatic heterocycles. The number of nitrogens with one attached hydrogen (secondary N) is 1. The Morgan fingerprint density at radius 3 is 2.55 bits per heavy atom. The predicted octanol–water partition coefficient (Wildman–Crippen LogP) is 3.89. The SMILES string of the molecule is Cc1cc(NC(C)c2nc3cccc(Cl)c3c(=O)n2-c2ccccc2)nc(N)n1. The average Bonchev–Trinajstić information content (AvgIpc) is 2.67. The number of hydrogen-bond donors (Lipinski definition) is 2. The second-order valence-corrected chi connectivity index (χ2v) is 7.11. The van der Waals surface area contributed by atoms with Crippen LogP contribution < -0.4 is 16.6 Å². The van der Waals surface area contributed by atoms with Crippen LogP contribution in [-0.4, -0.2) is 19.5 Å². The fourth-order valence-electron chi connectivity index (χ4n) is 3.28. The smallest absolute Gasteiger partial charge is 0.267 e. The van der Waals surface area contributed by atoms with Gasteiger partial charge in [-0.15, -0.1) is 0 Å². The standard InChI is InChI=1S/C21H19ClN6O/c1-12-11-17(27-21(23)24-12)25-13(2)19-26-16-10-6-9-15(22)18(16)20(29)28(19)14-7-4-3-5-8-14/h3-11,13H,1-2H3,(H3,23,24,25,27). The summed E-state index contributed by atoms with van der Waals surface area (Å²) in [5.74, 6) is 1.27. The van der Waals surface area contributed by atoms with Gasteiger partial charge in [0.2, 0.25) is 5.95 Å². The summed E-state index contributed by atoms with van der Waals surface area (Å²) in [6, 6.07) is 16.0. The van der Waals surface area contributed by atoms with Gasteiger partial charge in [-0.05, 0) is 38.1 Å². The number of para-hydroxylation sites is 1. The second kappa shape index (κ2) is 7.52. The van der Waals surface area contributed by atoms with Crippen molar-refractivity contribution in [1.29, 1.82) is 0 Å². The molecule has 0 saturated carbocycles. The Hall–Kier alpha value is -3.45. The first-order valence-electron chi connectivity index (χ1n) is 9.08. The minimum absolute atomic E-state index is 0.179. The van der Waals surface area contributed by atoms with Gasteiger partial charge in [0.15, 0.2) is 0 Å². The molecule has 0 aliphatic carbocycles. The molecular formula is C21H19ClN6O. The molecule has 29 heavy (non-hydrogen) atoms. The van der Waals surface area contributed by atoms with Crippen molar-refractivity contribution in [2.24, 2.45) is 0 Å². The summed E-state index contributed by atoms with van der Waals surface area (Å²) in [5, 5.41) is 4.03. The summed E-state index contributed by atoms with van der Waals surface area (Å²) in [6.07, 6.45) is 0. The number of hydrogen-bond acceptors (Lipinski definition) is 6. The van der Waals surface area contributed by atoms with E-state index in [-0.39, 0.29) is 17.5 Å². The number of benzene rings is 2. The number of aromatic nitrogens is 4. The molecule has 0 saturated heterocycles. The lowest BCUT2D eigenvalue weighted by atomic mass is 10.2. The quantitative estimate of drug-likeness (QED) is 0.533. The van der Waals surface area contributed by atoms with Gasteiger partial charge in [-0.1, -0.05) is 35.9 Å². The first kappa shape index (κ1) is 18.9. The van der Waals surface area contributed by atoms with Crippen LogP contribution in [0.4, 0.5) is 11.8 Å². The van der Waals surface area contributed by atoms with Crippen LogP contribution in [0.5, 0.6) is 0 Å². The zero-order valence-corrected chi connectivity index (χ0v) is 16.7. The summed E-state index contributed by atoms with van der Waals surface area (Å²) >= 11 is 6.32. The van der Waals surface area contributed by atoms with Crippen molar-refractivity contribution >= 4 is 34.3 Å². The average molecular weight is 407 g/mol. The summed E-state index contributed by atoms with van der Waals surface area (Å²) in [5.41, 5.74) is 7.52. The van der Waals surface area contributed by atoms with Crippen LogP contribution in [0.1, 0.15) is 24.5 Å². The van der Waals surface area contributed by atoms with Crippen molar-refractivity contribution < 1.29 is 0 Å². The van der Waals surface area contributed by atoms with E-state index < -0.39 is 0 Å². The molecule has 0 bridgehead atoms. The lowest BCUT2D eigenvalue weighted by Crippen LogP contribution is -2.27. The van der Waals surface area contributed by atoms with Crippen LogP contribution in [-0.2, 0) is 0 Å². The van der Waals surface area contributed by atoms with Crippen molar-refractivity contribution in [2.75, 3.05) is 11.1 Å². The number of rotatable bonds is 4. The molecule has 0 aliphatic rings. The topological polar surface area (TPSA) is 98.7 Å². The minimum atomic E-state index is -0.347. The van der Waals surface area contributed by atoms with Crippen LogP contribution in [0.3, 0.4) is 0 Å². The van der Waals surface area contributed by atoms with Crippen LogP contribution >= 0.6 is 11.6 Å². The fourth-order valence-corrected chi connectivity index (χ4v) is 3.53. The molecule has 1 atom stereocenters. The number of aryl methyl sites for hydroxylation is 1. The van der Waals surface area contributed by atoms with Gasteiger partial charge in [0.05, 0.1) is 27.7 Å². The van der Waals surface area contributed by atoms with E-state index >= 15 is 0 Å². The molecule has 2 aromatic carbocycles. The van der Waals surface area contributed by atoms with Crippen LogP contribution in [0, 0.1) is 6.92 Å². The normalized spacial score (nSPS) is 12.1. The third kappa shape index (κ3) is 3.64. The molecule has 3 N–H and O–H groups in total. The Balaban J connectivity index is 1.91. The first-order valence-corrected chi connectivity index (χ1v) is 9.46. The van der Waals surface area contributed by atoms with Gasteiger partial charge in [0, 0.05) is 11.8 Å². The van der Waals surface area contributed by atoms with E-state index in [0.717, 1.165) is 5.69 Å². The van der Waals surface area contributed by atoms with Gasteiger partial charge < -0.3 is 11.1 Å². The molecule has 0 amide bonds. The summed E-state index contributed by atoms with van der Waals surface area (Å²) in [4.78, 5) is 26.5. The molecular weight excluding hydrogens is 388 g/mol. The van der Waals surface area contributed by atoms with Gasteiger partial charge in [-0.25, -0.2) is 9.97 Å². The number of nitrogens with zero attached hydrogens (tertiary/aromatic N) is 4. The lowest BCUT2D eigenvalue weighted by molar-refractivity contribution is 0.731. The summed E-state index contributed by atoms with van der Waals surface area (Å²) < 4.78 is 1.57. The molecule has 1 unspecified atom stereocenters. The van der Waals surface area contributed by atoms with Gasteiger partial charge in [0.25, 0.3) is 5.56 Å². The van der Waals surface area contributed by atoms with E-state index in [4.69, 9.17) is 22.3 Å². The molecule has 7 nitrogen and oxygen atoms in total. The Morgan fingerprint density at radius 1 is 1.07 bits per heavy atom. The fraction of sp³-hybridized carbons (Fsp3) is 0.143. The Morgan fingerprint density at radius 2 is 1.83 bits per heavy atom. The molecule has 0 aliphatic heterocycles. The molecule has 4 rings (SSSR count). The van der Waals surface area contributed by atoms with Crippen LogP contribution in [0.25, 0.3) is 16.6 Å². The van der Waals surface area contributed by atoms with Crippen LogP contribution in [0.2, 0.25) is 5.02 Å². The van der Waals surface area contributed by atoms with E-state index in [9.17, 15) is 4.79 Å². The predicted molar refractivity (Wildman–Crippen MR) is 116 cm³/mol. The van der Waals surface area contributed by atoms with Crippen molar-refractivity contribution in [3.05, 3.63) is 81.5 Å². The van der Waals surface area contributed by atoms with E-state index in [1.165, 1.54) is 0 Å². The lowest BCUT2D eigenvalue weighted by Gasteiger charge is -2.20. The maximum absolute atomic E-state index is 13.4. The highest BCUT2D eigenvalue weighted by atomic mass is 35.5. The van der Waals surface area contributed by atoms with E-state index in [1.54, 1.807) is 28.8 Å². The summed E-state index contributed by atoms with van der Waals surface area (Å²) in [6.45, 7) is 3.75. The second-order valence-electron chi connectivity index (χ2n) is 6.70. The molecule has 0 fully saturated rings. The number of nitrogens with two attached hydrogens (primary N) is 1. The Labute approximate surface area is 172 Å². The first-order chi connectivity index (χ1) is 13.9. The maximum atomic E-state index is 13.4. The molecule has 0 spiro atoms. The third-order valence-electron chi connectivity index (χ3n) is 4.51. The van der Waals surface area contributed by atoms with Gasteiger partial charge in [-0.3, -0.25) is 9.36 Å². The summed E-state index contributed by atoms with van der Waals surface area (Å²) in [7, 11) is 0. The molecule has 2 heterocycles. The number of fused-ring (bicyclic) bond motifs is 1. The molecule has 0 radical (unpaired) electrons. The van der Waals surface area contributed by atoms with E-state index in [1.807, 2.05) is 44.2 Å². The van der Waals surface area contributed by atoms with E-state index in [2.05, 4.69) is 15.3 Å². The minimum Gasteiger partial charge on any atom is -0.368 e. The van der Waals surface area contributed by atoms with Crippen molar-refractivity contribution in [2.45, 2.75) is 19.9 Å². The number of anilines is 2. The van der Waals surface area contributed by atoms with Crippen LogP contribution in [0.15, 0.2) is 59.4 Å². The highest BCUT2D eigenvalue weighted by molar-refractivity contribution is 6.35. The largest absolute Gasteiger partial charge is 0.368 e. The zero-order valence-electron chi connectivity index (χ0n) is 15.9. The van der Waals surface area contributed by atoms with Crippen molar-refractivity contribution in [1.82, 2.24) is 19.5 Å². The van der Waals surface area contributed by atoms with Gasteiger partial charge >= 0.3 is 0 Å². The van der Waals surface area contributed by atoms with Crippen molar-refractivity contribution in [3.63, 3.8) is 0 Å². The highest BCUT2D eigenvalue weighted by Gasteiger charge is 2.19. The maximum Gasteiger partial charge on any atom is 0.267 e.